The summed E-state index contributed by atoms with van der Waals surface area (Å²) in [6, 6.07) is 0. The first-order valence-electron chi connectivity index (χ1n) is 6.70. The van der Waals surface area contributed by atoms with Gasteiger partial charge in [-0.3, -0.25) is 9.20 Å². The third kappa shape index (κ3) is 2.49. The van der Waals surface area contributed by atoms with Crippen LogP contribution in [0.1, 0.15) is 47.9 Å². The van der Waals surface area contributed by atoms with Crippen molar-refractivity contribution in [3.05, 3.63) is 16.4 Å². The highest BCUT2D eigenvalue weighted by atomic mass is 32.1. The molecular formula is C13H20N4OS. The van der Waals surface area contributed by atoms with Gasteiger partial charge in [-0.2, -0.15) is 0 Å². The number of fused-ring (bicyclic) bond motifs is 1. The Kier molecular flexibility index (Phi) is 4.19. The maximum Gasteiger partial charge on any atom is 0.265 e. The molecule has 2 aromatic rings. The van der Waals surface area contributed by atoms with E-state index in [-0.39, 0.29) is 5.91 Å². The van der Waals surface area contributed by atoms with Crippen LogP contribution in [0.2, 0.25) is 0 Å². The van der Waals surface area contributed by atoms with Crippen molar-refractivity contribution in [1.29, 1.82) is 0 Å². The number of carbonyl (C=O) groups excluding carboxylic acids is 1. The van der Waals surface area contributed by atoms with Gasteiger partial charge in [0.2, 0.25) is 4.96 Å². The van der Waals surface area contributed by atoms with Crippen molar-refractivity contribution in [2.24, 2.45) is 0 Å². The van der Waals surface area contributed by atoms with Gasteiger partial charge in [-0.15, -0.1) is 10.2 Å². The largest absolute Gasteiger partial charge is 0.338 e. The molecule has 0 radical (unpaired) electrons. The molecule has 0 spiro atoms. The molecule has 6 heteroatoms. The van der Waals surface area contributed by atoms with E-state index in [4.69, 9.17) is 0 Å². The van der Waals surface area contributed by atoms with E-state index in [9.17, 15) is 4.79 Å². The quantitative estimate of drug-likeness (QED) is 0.846. The number of hydrogen-bond acceptors (Lipinski definition) is 4. The number of rotatable bonds is 5. The average Bonchev–Trinajstić information content (AvgIpc) is 2.92. The molecule has 0 aliphatic rings. The van der Waals surface area contributed by atoms with Crippen molar-refractivity contribution in [2.75, 3.05) is 13.1 Å². The summed E-state index contributed by atoms with van der Waals surface area (Å²) < 4.78 is 1.95. The van der Waals surface area contributed by atoms with E-state index in [0.717, 1.165) is 47.3 Å². The summed E-state index contributed by atoms with van der Waals surface area (Å²) in [5.41, 5.74) is 0.947. The topological polar surface area (TPSA) is 50.5 Å². The number of unbranched alkanes of at least 4 members (excludes halogenated alkanes) is 1. The molecule has 0 saturated heterocycles. The maximum absolute atomic E-state index is 12.6. The highest BCUT2D eigenvalue weighted by Crippen LogP contribution is 2.24. The van der Waals surface area contributed by atoms with Gasteiger partial charge in [-0.05, 0) is 27.2 Å². The van der Waals surface area contributed by atoms with Gasteiger partial charge in [-0.1, -0.05) is 24.7 Å². The molecule has 1 amide bonds. The average molecular weight is 280 g/mol. The van der Waals surface area contributed by atoms with Gasteiger partial charge in [0.1, 0.15) is 10.7 Å². The molecular weight excluding hydrogens is 260 g/mol. The van der Waals surface area contributed by atoms with Crippen molar-refractivity contribution in [3.8, 4) is 0 Å². The molecule has 0 aromatic carbocycles. The van der Waals surface area contributed by atoms with E-state index in [1.54, 1.807) is 0 Å². The summed E-state index contributed by atoms with van der Waals surface area (Å²) in [6.07, 6.45) is 2.14. The highest BCUT2D eigenvalue weighted by molar-refractivity contribution is 7.19. The first-order valence-corrected chi connectivity index (χ1v) is 7.52. The van der Waals surface area contributed by atoms with Crippen molar-refractivity contribution >= 4 is 22.2 Å². The number of carbonyl (C=O) groups is 1. The van der Waals surface area contributed by atoms with Crippen molar-refractivity contribution in [1.82, 2.24) is 19.5 Å². The molecule has 0 aliphatic heterocycles. The van der Waals surface area contributed by atoms with Crippen LogP contribution in [-0.2, 0) is 0 Å². The maximum atomic E-state index is 12.6. The Morgan fingerprint density at radius 3 is 2.63 bits per heavy atom. The number of aromatic nitrogens is 3. The summed E-state index contributed by atoms with van der Waals surface area (Å²) >= 11 is 1.43. The molecule has 0 unspecified atom stereocenters. The van der Waals surface area contributed by atoms with E-state index >= 15 is 0 Å². The smallest absolute Gasteiger partial charge is 0.265 e. The van der Waals surface area contributed by atoms with E-state index < -0.39 is 0 Å². The lowest BCUT2D eigenvalue weighted by Gasteiger charge is -2.20. The fraction of sp³-hybridized carbons (Fsp3) is 0.615. The molecule has 0 bridgehead atoms. The zero-order chi connectivity index (χ0) is 14.0. The Morgan fingerprint density at radius 2 is 2.05 bits per heavy atom. The number of thiazole rings is 1. The minimum Gasteiger partial charge on any atom is -0.338 e. The predicted molar refractivity (Wildman–Crippen MR) is 76.8 cm³/mol. The molecule has 19 heavy (non-hydrogen) atoms. The van der Waals surface area contributed by atoms with Gasteiger partial charge in [0.15, 0.2) is 0 Å². The van der Waals surface area contributed by atoms with Crippen molar-refractivity contribution in [3.63, 3.8) is 0 Å². The van der Waals surface area contributed by atoms with Gasteiger partial charge in [0.25, 0.3) is 5.91 Å². The Hall–Kier alpha value is -1.43. The predicted octanol–water partition coefficient (Wildman–Crippen LogP) is 2.67. The molecule has 104 valence electrons. The number of hydrogen-bond donors (Lipinski definition) is 0. The fourth-order valence-corrected chi connectivity index (χ4v) is 3.24. The minimum absolute atomic E-state index is 0.114. The Bertz CT molecular complexity index is 587. The van der Waals surface area contributed by atoms with Crippen LogP contribution in [0.25, 0.3) is 4.96 Å². The second-order valence-corrected chi connectivity index (χ2v) is 5.60. The molecule has 2 aromatic heterocycles. The lowest BCUT2D eigenvalue weighted by Crippen LogP contribution is -2.31. The molecule has 0 N–H and O–H groups in total. The summed E-state index contributed by atoms with van der Waals surface area (Å²) in [4.78, 5) is 16.0. The van der Waals surface area contributed by atoms with Crippen LogP contribution in [0.4, 0.5) is 0 Å². The number of nitrogens with zero attached hydrogens (tertiary/aromatic N) is 4. The molecule has 2 heterocycles. The van der Waals surface area contributed by atoms with Crippen LogP contribution in [0.15, 0.2) is 0 Å². The third-order valence-corrected chi connectivity index (χ3v) is 4.42. The van der Waals surface area contributed by atoms with E-state index in [2.05, 4.69) is 17.1 Å². The second-order valence-electron chi connectivity index (χ2n) is 4.62. The van der Waals surface area contributed by atoms with Crippen LogP contribution in [0.5, 0.6) is 0 Å². The number of aryl methyl sites for hydroxylation is 2. The lowest BCUT2D eigenvalue weighted by molar-refractivity contribution is 0.0766. The van der Waals surface area contributed by atoms with Gasteiger partial charge >= 0.3 is 0 Å². The zero-order valence-corrected chi connectivity index (χ0v) is 12.8. The van der Waals surface area contributed by atoms with E-state index in [1.807, 2.05) is 30.1 Å². The summed E-state index contributed by atoms with van der Waals surface area (Å²) in [6.45, 7) is 9.59. The molecule has 2 rings (SSSR count). The SMILES string of the molecule is CCCCN(CC)C(=O)c1sc2nnc(C)n2c1C. The first kappa shape index (κ1) is 14.0. The Labute approximate surface area is 117 Å². The van der Waals surface area contributed by atoms with Crippen molar-refractivity contribution < 1.29 is 4.79 Å². The van der Waals surface area contributed by atoms with Crippen LogP contribution >= 0.6 is 11.3 Å². The van der Waals surface area contributed by atoms with Crippen LogP contribution in [0, 0.1) is 13.8 Å². The Balaban J connectivity index is 2.32. The fourth-order valence-electron chi connectivity index (χ4n) is 2.16. The number of amides is 1. The van der Waals surface area contributed by atoms with Gasteiger partial charge in [0.05, 0.1) is 0 Å². The van der Waals surface area contributed by atoms with Gasteiger partial charge < -0.3 is 4.90 Å². The molecule has 5 nitrogen and oxygen atoms in total. The van der Waals surface area contributed by atoms with Crippen LogP contribution in [-0.4, -0.2) is 38.5 Å². The standard InChI is InChI=1S/C13H20N4OS/c1-5-7-8-16(6-2)12(18)11-9(3)17-10(4)14-15-13(17)19-11/h5-8H2,1-4H3. The monoisotopic (exact) mass is 280 g/mol. The zero-order valence-electron chi connectivity index (χ0n) is 11.9. The third-order valence-electron chi connectivity index (χ3n) is 3.30. The normalized spacial score (nSPS) is 11.2. The summed E-state index contributed by atoms with van der Waals surface area (Å²) in [5, 5.41) is 8.12. The second kappa shape index (κ2) is 5.69. The van der Waals surface area contributed by atoms with E-state index in [1.165, 1.54) is 11.3 Å². The minimum atomic E-state index is 0.114. The molecule has 0 atom stereocenters. The highest BCUT2D eigenvalue weighted by Gasteiger charge is 2.22. The summed E-state index contributed by atoms with van der Waals surface area (Å²) in [5.74, 6) is 0.947. The molecule has 0 aliphatic carbocycles. The molecule has 0 fully saturated rings. The lowest BCUT2D eigenvalue weighted by atomic mass is 10.3. The van der Waals surface area contributed by atoms with Gasteiger partial charge in [-0.25, -0.2) is 0 Å². The van der Waals surface area contributed by atoms with Crippen molar-refractivity contribution in [2.45, 2.75) is 40.5 Å². The Morgan fingerprint density at radius 1 is 1.32 bits per heavy atom. The molecule has 0 saturated carbocycles. The van der Waals surface area contributed by atoms with Crippen LogP contribution in [0.3, 0.4) is 0 Å². The van der Waals surface area contributed by atoms with E-state index in [0.29, 0.717) is 0 Å². The van der Waals surface area contributed by atoms with Gasteiger partial charge in [0, 0.05) is 18.8 Å². The first-order chi connectivity index (χ1) is 9.10. The van der Waals surface area contributed by atoms with Crippen LogP contribution < -0.4 is 0 Å². The summed E-state index contributed by atoms with van der Waals surface area (Å²) in [7, 11) is 0.